The highest BCUT2D eigenvalue weighted by Crippen LogP contribution is 2.41. The largest absolute Gasteiger partial charge is 0.491 e. The normalized spacial score (nSPS) is 18.1. The summed E-state index contributed by atoms with van der Waals surface area (Å²) in [6, 6.07) is 22.1. The van der Waals surface area contributed by atoms with Crippen molar-refractivity contribution in [1.82, 2.24) is 10.3 Å². The zero-order valence-electron chi connectivity index (χ0n) is 16.0. The first-order chi connectivity index (χ1) is 14.2. The van der Waals surface area contributed by atoms with E-state index in [1.807, 2.05) is 42.5 Å². The minimum atomic E-state index is -0.726. The molecule has 0 unspecified atom stereocenters. The minimum Gasteiger partial charge on any atom is -0.491 e. The molecule has 29 heavy (non-hydrogen) atoms. The van der Waals surface area contributed by atoms with E-state index >= 15 is 0 Å². The zero-order chi connectivity index (χ0) is 19.8. The number of aromatic nitrogens is 1. The van der Waals surface area contributed by atoms with Crippen molar-refractivity contribution < 1.29 is 9.53 Å². The van der Waals surface area contributed by atoms with Gasteiger partial charge < -0.3 is 10.1 Å². The lowest BCUT2D eigenvalue weighted by molar-refractivity contribution is 0.0888. The summed E-state index contributed by atoms with van der Waals surface area (Å²) >= 11 is 1.51. The number of carbonyl (C=O) groups is 1. The number of benzene rings is 2. The van der Waals surface area contributed by atoms with E-state index in [1.165, 1.54) is 16.9 Å². The number of pyridine rings is 1. The van der Waals surface area contributed by atoms with E-state index < -0.39 is 5.54 Å². The van der Waals surface area contributed by atoms with Gasteiger partial charge in [-0.05, 0) is 42.1 Å². The minimum absolute atomic E-state index is 0.0923. The molecule has 1 amide bonds. The van der Waals surface area contributed by atoms with Crippen LogP contribution in [0.15, 0.2) is 72.9 Å². The highest BCUT2D eigenvalue weighted by molar-refractivity contribution is 7.20. The number of rotatable bonds is 3. The summed E-state index contributed by atoms with van der Waals surface area (Å²) in [4.78, 5) is 18.7. The van der Waals surface area contributed by atoms with Gasteiger partial charge in [-0.2, -0.15) is 0 Å². The third-order valence-corrected chi connectivity index (χ3v) is 6.55. The van der Waals surface area contributed by atoms with Crippen LogP contribution in [0.2, 0.25) is 0 Å². The Morgan fingerprint density at radius 3 is 2.76 bits per heavy atom. The van der Waals surface area contributed by atoms with E-state index in [9.17, 15) is 4.79 Å². The van der Waals surface area contributed by atoms with Crippen LogP contribution in [0, 0.1) is 6.92 Å². The van der Waals surface area contributed by atoms with Crippen LogP contribution in [-0.4, -0.2) is 17.5 Å². The number of nitrogens with one attached hydrogen (secondary N) is 1. The Morgan fingerprint density at radius 1 is 1.10 bits per heavy atom. The number of nitrogens with zero attached hydrogens (tertiary/aromatic N) is 1. The van der Waals surface area contributed by atoms with Gasteiger partial charge in [0.05, 0.1) is 11.5 Å². The molecular formula is C24H20N2O2S. The van der Waals surface area contributed by atoms with Crippen LogP contribution in [0.5, 0.6) is 5.75 Å². The van der Waals surface area contributed by atoms with Gasteiger partial charge in [-0.15, -0.1) is 11.3 Å². The summed E-state index contributed by atoms with van der Waals surface area (Å²) in [7, 11) is 0. The third kappa shape index (κ3) is 3.08. The first-order valence-corrected chi connectivity index (χ1v) is 10.4. The number of ether oxygens (including phenoxy) is 1. The first kappa shape index (κ1) is 17.9. The molecule has 0 spiro atoms. The molecular weight excluding hydrogens is 380 g/mol. The van der Waals surface area contributed by atoms with Gasteiger partial charge in [0.2, 0.25) is 0 Å². The Hall–Kier alpha value is -3.18. The van der Waals surface area contributed by atoms with Crippen molar-refractivity contribution in [2.24, 2.45) is 0 Å². The zero-order valence-corrected chi connectivity index (χ0v) is 16.8. The molecule has 0 fully saturated rings. The van der Waals surface area contributed by atoms with Crippen LogP contribution in [-0.2, 0) is 5.54 Å². The maximum atomic E-state index is 13.4. The van der Waals surface area contributed by atoms with Crippen molar-refractivity contribution >= 4 is 27.3 Å². The Labute approximate surface area is 173 Å². The lowest BCUT2D eigenvalue weighted by atomic mass is 9.81. The molecule has 4 nitrogen and oxygen atoms in total. The van der Waals surface area contributed by atoms with Crippen LogP contribution in [0.1, 0.15) is 32.9 Å². The average Bonchev–Trinajstić information content (AvgIpc) is 3.19. The van der Waals surface area contributed by atoms with Crippen molar-refractivity contribution in [3.05, 3.63) is 94.6 Å². The molecule has 0 saturated carbocycles. The van der Waals surface area contributed by atoms with Crippen molar-refractivity contribution in [1.29, 1.82) is 0 Å². The van der Waals surface area contributed by atoms with Crippen molar-refractivity contribution in [2.75, 3.05) is 6.61 Å². The Bertz CT molecular complexity index is 1170. The van der Waals surface area contributed by atoms with Gasteiger partial charge >= 0.3 is 0 Å². The second-order valence-corrected chi connectivity index (χ2v) is 8.41. The monoisotopic (exact) mass is 400 g/mol. The third-order valence-electron chi connectivity index (χ3n) is 5.43. The van der Waals surface area contributed by atoms with Gasteiger partial charge in [0.15, 0.2) is 0 Å². The fourth-order valence-electron chi connectivity index (χ4n) is 3.92. The number of amides is 1. The first-order valence-electron chi connectivity index (χ1n) is 9.62. The molecule has 1 aliphatic heterocycles. The fourth-order valence-corrected chi connectivity index (χ4v) is 4.88. The maximum absolute atomic E-state index is 13.4. The molecule has 1 N–H and O–H groups in total. The summed E-state index contributed by atoms with van der Waals surface area (Å²) in [5.41, 5.74) is 2.22. The number of fused-ring (bicyclic) bond motifs is 2. The quantitative estimate of drug-likeness (QED) is 0.523. The molecule has 0 aliphatic carbocycles. The molecule has 4 aromatic rings. The molecule has 1 aliphatic rings. The van der Waals surface area contributed by atoms with E-state index in [1.54, 1.807) is 6.20 Å². The van der Waals surface area contributed by atoms with Crippen LogP contribution in [0.3, 0.4) is 0 Å². The van der Waals surface area contributed by atoms with Crippen LogP contribution in [0.4, 0.5) is 0 Å². The SMILES string of the molecule is Cc1ccc([C@@]2(NC(=O)c3cc4ccccc4s3)CCOc3cccnc32)cc1. The number of hydrogen-bond donors (Lipinski definition) is 1. The fraction of sp³-hybridized carbons (Fsp3) is 0.167. The predicted molar refractivity (Wildman–Crippen MR) is 116 cm³/mol. The Balaban J connectivity index is 1.61. The van der Waals surface area contributed by atoms with Gasteiger partial charge in [-0.3, -0.25) is 9.78 Å². The summed E-state index contributed by atoms with van der Waals surface area (Å²) in [6.07, 6.45) is 2.37. The molecule has 0 bridgehead atoms. The maximum Gasteiger partial charge on any atom is 0.262 e. The highest BCUT2D eigenvalue weighted by atomic mass is 32.1. The number of carbonyl (C=O) groups excluding carboxylic acids is 1. The van der Waals surface area contributed by atoms with E-state index in [0.717, 1.165) is 27.1 Å². The second-order valence-electron chi connectivity index (χ2n) is 7.32. The van der Waals surface area contributed by atoms with E-state index in [4.69, 9.17) is 4.74 Å². The Morgan fingerprint density at radius 2 is 1.93 bits per heavy atom. The Kier molecular flexibility index (Phi) is 4.32. The summed E-state index contributed by atoms with van der Waals surface area (Å²) in [5.74, 6) is 0.626. The molecule has 5 heteroatoms. The van der Waals surface area contributed by atoms with Crippen molar-refractivity contribution in [3.63, 3.8) is 0 Å². The van der Waals surface area contributed by atoms with Gasteiger partial charge in [-0.25, -0.2) is 0 Å². The smallest absolute Gasteiger partial charge is 0.262 e. The predicted octanol–water partition coefficient (Wildman–Crippen LogP) is 5.06. The van der Waals surface area contributed by atoms with Crippen LogP contribution >= 0.6 is 11.3 Å². The highest BCUT2D eigenvalue weighted by Gasteiger charge is 2.42. The molecule has 3 heterocycles. The molecule has 0 radical (unpaired) electrons. The summed E-state index contributed by atoms with van der Waals surface area (Å²) < 4.78 is 6.95. The second kappa shape index (κ2) is 7.01. The molecule has 1 atom stereocenters. The summed E-state index contributed by atoms with van der Waals surface area (Å²) in [5, 5.41) is 4.41. The molecule has 2 aromatic heterocycles. The molecule has 2 aromatic carbocycles. The van der Waals surface area contributed by atoms with Crippen LogP contribution < -0.4 is 10.1 Å². The standard InChI is InChI=1S/C24H20N2O2S/c1-16-8-10-18(11-9-16)24(12-14-28-19-6-4-13-25-22(19)24)26-23(27)21-15-17-5-2-3-7-20(17)29-21/h2-11,13,15H,12,14H2,1H3,(H,26,27)/t24-/m0/s1. The number of hydrogen-bond acceptors (Lipinski definition) is 4. The lowest BCUT2D eigenvalue weighted by Crippen LogP contribution is -2.50. The average molecular weight is 401 g/mol. The number of aryl methyl sites for hydroxylation is 1. The van der Waals surface area contributed by atoms with Crippen LogP contribution in [0.25, 0.3) is 10.1 Å². The molecule has 144 valence electrons. The van der Waals surface area contributed by atoms with E-state index in [-0.39, 0.29) is 5.91 Å². The van der Waals surface area contributed by atoms with Gasteiger partial charge in [0, 0.05) is 17.3 Å². The summed E-state index contributed by atoms with van der Waals surface area (Å²) in [6.45, 7) is 2.57. The lowest BCUT2D eigenvalue weighted by Gasteiger charge is -2.38. The van der Waals surface area contributed by atoms with Crippen molar-refractivity contribution in [3.8, 4) is 5.75 Å². The topological polar surface area (TPSA) is 51.2 Å². The van der Waals surface area contributed by atoms with Gasteiger partial charge in [0.25, 0.3) is 5.91 Å². The number of thiophene rings is 1. The molecule has 0 saturated heterocycles. The van der Waals surface area contributed by atoms with E-state index in [0.29, 0.717) is 17.9 Å². The van der Waals surface area contributed by atoms with Gasteiger partial charge in [-0.1, -0.05) is 48.0 Å². The van der Waals surface area contributed by atoms with Gasteiger partial charge in [0.1, 0.15) is 17.0 Å². The van der Waals surface area contributed by atoms with E-state index in [2.05, 4.69) is 41.5 Å². The van der Waals surface area contributed by atoms with Crippen molar-refractivity contribution in [2.45, 2.75) is 18.9 Å². The molecule has 5 rings (SSSR count).